The first-order valence-electron chi connectivity index (χ1n) is 4.55. The number of carbonyl (C=O) groups excluding carboxylic acids is 1. The molecule has 1 amide bonds. The molecule has 0 aliphatic carbocycles. The van der Waals surface area contributed by atoms with Gasteiger partial charge in [0, 0.05) is 12.0 Å². The largest absolute Gasteiger partial charge is 0.481 e. The minimum Gasteiger partial charge on any atom is -0.481 e. The van der Waals surface area contributed by atoms with Gasteiger partial charge in [-0.05, 0) is 27.3 Å². The summed E-state index contributed by atoms with van der Waals surface area (Å²) in [5.41, 5.74) is -0.466. The summed E-state index contributed by atoms with van der Waals surface area (Å²) < 4.78 is 0. The van der Waals surface area contributed by atoms with Crippen LogP contribution in [-0.2, 0) is 9.59 Å². The van der Waals surface area contributed by atoms with Crippen molar-refractivity contribution in [3.63, 3.8) is 0 Å². The van der Waals surface area contributed by atoms with Crippen molar-refractivity contribution < 1.29 is 14.7 Å². The Morgan fingerprint density at radius 1 is 1.36 bits per heavy atom. The van der Waals surface area contributed by atoms with Crippen LogP contribution in [0, 0.1) is 0 Å². The van der Waals surface area contributed by atoms with E-state index >= 15 is 0 Å². The normalized spacial score (nSPS) is 11.1. The molecule has 5 nitrogen and oxygen atoms in total. The Hall–Kier alpha value is -1.10. The Morgan fingerprint density at radius 2 is 1.93 bits per heavy atom. The highest BCUT2D eigenvalue weighted by Crippen LogP contribution is 2.10. The first-order chi connectivity index (χ1) is 6.37. The standard InChI is InChI=1S/C9H18N2O3/c1-9(2,5-4-8(13)14)11-7(12)6-10-3/h10H,4-6H2,1-3H3,(H,11,12)(H,13,14). The van der Waals surface area contributed by atoms with E-state index < -0.39 is 11.5 Å². The average molecular weight is 202 g/mol. The quantitative estimate of drug-likeness (QED) is 0.565. The number of amides is 1. The molecule has 0 rings (SSSR count). The van der Waals surface area contributed by atoms with Gasteiger partial charge in [0.2, 0.25) is 5.91 Å². The summed E-state index contributed by atoms with van der Waals surface area (Å²) in [6.45, 7) is 3.86. The van der Waals surface area contributed by atoms with Crippen molar-refractivity contribution in [2.45, 2.75) is 32.2 Å². The Labute approximate surface area is 83.9 Å². The van der Waals surface area contributed by atoms with Gasteiger partial charge in [-0.1, -0.05) is 0 Å². The lowest BCUT2D eigenvalue weighted by atomic mass is 9.98. The maximum Gasteiger partial charge on any atom is 0.303 e. The lowest BCUT2D eigenvalue weighted by molar-refractivity contribution is -0.137. The maximum absolute atomic E-state index is 11.2. The van der Waals surface area contributed by atoms with Crippen molar-refractivity contribution in [2.24, 2.45) is 0 Å². The first-order valence-corrected chi connectivity index (χ1v) is 4.55. The molecule has 0 saturated carbocycles. The number of rotatable bonds is 6. The third-order valence-corrected chi connectivity index (χ3v) is 1.78. The van der Waals surface area contributed by atoms with E-state index in [2.05, 4.69) is 10.6 Å². The van der Waals surface area contributed by atoms with E-state index in [1.807, 2.05) is 13.8 Å². The van der Waals surface area contributed by atoms with Crippen LogP contribution < -0.4 is 10.6 Å². The van der Waals surface area contributed by atoms with Crippen molar-refractivity contribution in [3.05, 3.63) is 0 Å². The van der Waals surface area contributed by atoms with Gasteiger partial charge >= 0.3 is 5.97 Å². The van der Waals surface area contributed by atoms with Crippen molar-refractivity contribution in [1.29, 1.82) is 0 Å². The number of carboxylic acid groups (broad SMARTS) is 1. The highest BCUT2D eigenvalue weighted by Gasteiger charge is 2.20. The molecule has 0 saturated heterocycles. The Balaban J connectivity index is 3.93. The second-order valence-corrected chi connectivity index (χ2v) is 3.86. The van der Waals surface area contributed by atoms with Gasteiger partial charge in [-0.25, -0.2) is 0 Å². The molecule has 0 bridgehead atoms. The van der Waals surface area contributed by atoms with Gasteiger partial charge in [0.1, 0.15) is 0 Å². The molecule has 0 atom stereocenters. The van der Waals surface area contributed by atoms with E-state index in [4.69, 9.17) is 5.11 Å². The summed E-state index contributed by atoms with van der Waals surface area (Å²) >= 11 is 0. The van der Waals surface area contributed by atoms with Crippen LogP contribution in [0.2, 0.25) is 0 Å². The minimum atomic E-state index is -0.846. The van der Waals surface area contributed by atoms with Crippen LogP contribution >= 0.6 is 0 Å². The molecule has 0 radical (unpaired) electrons. The zero-order valence-electron chi connectivity index (χ0n) is 8.89. The van der Waals surface area contributed by atoms with Gasteiger partial charge < -0.3 is 15.7 Å². The number of hydrogen-bond acceptors (Lipinski definition) is 3. The summed E-state index contributed by atoms with van der Waals surface area (Å²) in [6, 6.07) is 0. The fourth-order valence-corrected chi connectivity index (χ4v) is 1.06. The van der Waals surface area contributed by atoms with Crippen molar-refractivity contribution in [3.8, 4) is 0 Å². The molecule has 3 N–H and O–H groups in total. The summed E-state index contributed by atoms with van der Waals surface area (Å²) in [7, 11) is 1.68. The molecule has 82 valence electrons. The van der Waals surface area contributed by atoms with E-state index in [-0.39, 0.29) is 18.9 Å². The molecule has 0 aromatic carbocycles. The van der Waals surface area contributed by atoms with E-state index in [0.717, 1.165) is 0 Å². The highest BCUT2D eigenvalue weighted by molar-refractivity contribution is 5.78. The summed E-state index contributed by atoms with van der Waals surface area (Å²) in [6.07, 6.45) is 0.491. The highest BCUT2D eigenvalue weighted by atomic mass is 16.4. The van der Waals surface area contributed by atoms with Gasteiger partial charge in [-0.15, -0.1) is 0 Å². The van der Waals surface area contributed by atoms with Crippen LogP contribution in [0.15, 0.2) is 0 Å². The lowest BCUT2D eigenvalue weighted by Gasteiger charge is -2.25. The Kier molecular flexibility index (Phi) is 5.15. The molecule has 0 aromatic rings. The number of likely N-dealkylation sites (N-methyl/N-ethyl adjacent to an activating group) is 1. The van der Waals surface area contributed by atoms with Crippen molar-refractivity contribution in [2.75, 3.05) is 13.6 Å². The number of aliphatic carboxylic acids is 1. The minimum absolute atomic E-state index is 0.0623. The number of nitrogens with one attached hydrogen (secondary N) is 2. The molecule has 0 unspecified atom stereocenters. The molecule has 0 aliphatic heterocycles. The first kappa shape index (κ1) is 12.9. The molecule has 0 fully saturated rings. The van der Waals surface area contributed by atoms with E-state index in [0.29, 0.717) is 6.42 Å². The molecule has 5 heteroatoms. The summed E-state index contributed by atoms with van der Waals surface area (Å²) in [4.78, 5) is 21.5. The number of carbonyl (C=O) groups is 2. The van der Waals surface area contributed by atoms with E-state index in [9.17, 15) is 9.59 Å². The summed E-state index contributed by atoms with van der Waals surface area (Å²) in [5, 5.41) is 14.0. The van der Waals surface area contributed by atoms with Gasteiger partial charge in [0.25, 0.3) is 0 Å². The topological polar surface area (TPSA) is 78.4 Å². The molecule has 0 heterocycles. The number of carboxylic acids is 1. The van der Waals surface area contributed by atoms with Crippen LogP contribution in [0.4, 0.5) is 0 Å². The zero-order valence-corrected chi connectivity index (χ0v) is 8.89. The van der Waals surface area contributed by atoms with Gasteiger partial charge in [0.05, 0.1) is 6.54 Å². The van der Waals surface area contributed by atoms with Gasteiger partial charge in [0.15, 0.2) is 0 Å². The molecule has 0 aliphatic rings. The predicted octanol–water partition coefficient (Wildman–Crippen LogP) is -0.0346. The SMILES string of the molecule is CNCC(=O)NC(C)(C)CCC(=O)O. The van der Waals surface area contributed by atoms with Crippen LogP contribution in [0.1, 0.15) is 26.7 Å². The molecular weight excluding hydrogens is 184 g/mol. The lowest BCUT2D eigenvalue weighted by Crippen LogP contribution is -2.46. The van der Waals surface area contributed by atoms with E-state index in [1.165, 1.54) is 0 Å². The second kappa shape index (κ2) is 5.59. The van der Waals surface area contributed by atoms with Gasteiger partial charge in [-0.3, -0.25) is 9.59 Å². The fourth-order valence-electron chi connectivity index (χ4n) is 1.06. The maximum atomic E-state index is 11.2. The van der Waals surface area contributed by atoms with Crippen LogP contribution in [0.5, 0.6) is 0 Å². The Bertz CT molecular complexity index is 214. The third kappa shape index (κ3) is 6.42. The van der Waals surface area contributed by atoms with Crippen LogP contribution in [0.3, 0.4) is 0 Å². The van der Waals surface area contributed by atoms with Crippen LogP contribution in [0.25, 0.3) is 0 Å². The average Bonchev–Trinajstić information content (AvgIpc) is 2.00. The Morgan fingerprint density at radius 3 is 2.36 bits per heavy atom. The molecule has 0 aromatic heterocycles. The monoisotopic (exact) mass is 202 g/mol. The zero-order chi connectivity index (χ0) is 11.2. The predicted molar refractivity (Wildman–Crippen MR) is 53.0 cm³/mol. The van der Waals surface area contributed by atoms with Crippen molar-refractivity contribution >= 4 is 11.9 Å². The smallest absolute Gasteiger partial charge is 0.303 e. The van der Waals surface area contributed by atoms with Crippen LogP contribution in [-0.4, -0.2) is 36.1 Å². The van der Waals surface area contributed by atoms with E-state index in [1.54, 1.807) is 7.05 Å². The molecular formula is C9H18N2O3. The van der Waals surface area contributed by atoms with Gasteiger partial charge in [-0.2, -0.15) is 0 Å². The third-order valence-electron chi connectivity index (χ3n) is 1.78. The summed E-state index contributed by atoms with van der Waals surface area (Å²) in [5.74, 6) is -0.969. The number of hydrogen-bond donors (Lipinski definition) is 3. The second-order valence-electron chi connectivity index (χ2n) is 3.86. The molecule has 14 heavy (non-hydrogen) atoms. The molecule has 0 spiro atoms. The fraction of sp³-hybridized carbons (Fsp3) is 0.778. The van der Waals surface area contributed by atoms with Crippen molar-refractivity contribution in [1.82, 2.24) is 10.6 Å².